The van der Waals surface area contributed by atoms with Gasteiger partial charge in [0.05, 0.1) is 6.26 Å². The van der Waals surface area contributed by atoms with E-state index in [1.807, 2.05) is 12.1 Å². The summed E-state index contributed by atoms with van der Waals surface area (Å²) in [5.74, 6) is 2.17. The topological polar surface area (TPSA) is 72.8 Å². The number of aliphatic imine (C=N–C) groups is 1. The summed E-state index contributed by atoms with van der Waals surface area (Å²) in [5.41, 5.74) is 5.78. The summed E-state index contributed by atoms with van der Waals surface area (Å²) in [5, 5.41) is 3.10. The highest BCUT2D eigenvalue weighted by Gasteiger charge is 2.16. The molecule has 3 N–H and O–H groups in total. The van der Waals surface area contributed by atoms with Gasteiger partial charge < -0.3 is 20.2 Å². The first-order valence-electron chi connectivity index (χ1n) is 6.98. The van der Waals surface area contributed by atoms with Crippen molar-refractivity contribution < 1.29 is 9.15 Å². The number of furan rings is 1. The summed E-state index contributed by atoms with van der Waals surface area (Å²) >= 11 is 0. The third-order valence-corrected chi connectivity index (χ3v) is 3.34. The van der Waals surface area contributed by atoms with Crippen molar-refractivity contribution in [1.29, 1.82) is 0 Å². The first kappa shape index (κ1) is 13.9. The zero-order valence-corrected chi connectivity index (χ0v) is 11.3. The number of ether oxygens (including phenoxy) is 1. The van der Waals surface area contributed by atoms with Crippen LogP contribution in [0.15, 0.2) is 27.8 Å². The van der Waals surface area contributed by atoms with Gasteiger partial charge in [-0.15, -0.1) is 0 Å². The number of guanidine groups is 1. The summed E-state index contributed by atoms with van der Waals surface area (Å²) < 4.78 is 10.6. The van der Waals surface area contributed by atoms with Crippen LogP contribution in [0, 0.1) is 5.92 Å². The molecule has 0 spiro atoms. The summed E-state index contributed by atoms with van der Waals surface area (Å²) in [6, 6.07) is 3.77. The lowest BCUT2D eigenvalue weighted by molar-refractivity contribution is 0.105. The van der Waals surface area contributed by atoms with E-state index in [4.69, 9.17) is 14.9 Å². The molecule has 1 aromatic heterocycles. The Balaban J connectivity index is 1.44. The van der Waals surface area contributed by atoms with Crippen LogP contribution in [0.2, 0.25) is 0 Å². The van der Waals surface area contributed by atoms with Crippen LogP contribution in [-0.2, 0) is 11.3 Å². The van der Waals surface area contributed by atoms with Gasteiger partial charge in [-0.3, -0.25) is 4.99 Å². The first-order chi connectivity index (χ1) is 9.34. The highest BCUT2D eigenvalue weighted by Crippen LogP contribution is 2.26. The largest absolute Gasteiger partial charge is 0.467 e. The first-order valence-corrected chi connectivity index (χ1v) is 6.98. The molecule has 106 valence electrons. The molecule has 1 heterocycles. The number of rotatable bonds is 8. The van der Waals surface area contributed by atoms with Crippen molar-refractivity contribution in [1.82, 2.24) is 5.32 Å². The van der Waals surface area contributed by atoms with Crippen LogP contribution in [0.4, 0.5) is 0 Å². The lowest BCUT2D eigenvalue weighted by atomic mass is 9.86. The van der Waals surface area contributed by atoms with Crippen LogP contribution in [0.25, 0.3) is 0 Å². The summed E-state index contributed by atoms with van der Waals surface area (Å²) in [6.07, 6.45) is 6.51. The molecule has 0 aliphatic heterocycles. The van der Waals surface area contributed by atoms with Gasteiger partial charge in [-0.25, -0.2) is 0 Å². The fraction of sp³-hybridized carbons (Fsp3) is 0.643. The molecular weight excluding hydrogens is 242 g/mol. The maximum Gasteiger partial charge on any atom is 0.188 e. The third kappa shape index (κ3) is 5.34. The Hall–Kier alpha value is -1.49. The summed E-state index contributed by atoms with van der Waals surface area (Å²) in [4.78, 5) is 4.33. The number of hydrogen-bond donors (Lipinski definition) is 2. The lowest BCUT2D eigenvalue weighted by Crippen LogP contribution is -2.33. The average molecular weight is 265 g/mol. The van der Waals surface area contributed by atoms with Crippen molar-refractivity contribution in [2.45, 2.75) is 32.3 Å². The highest BCUT2D eigenvalue weighted by molar-refractivity contribution is 5.77. The third-order valence-electron chi connectivity index (χ3n) is 3.34. The molecule has 5 nitrogen and oxygen atoms in total. The van der Waals surface area contributed by atoms with Gasteiger partial charge in [-0.05, 0) is 37.3 Å². The number of hydrogen-bond acceptors (Lipinski definition) is 3. The molecule has 0 bridgehead atoms. The minimum absolute atomic E-state index is 0.526. The second-order valence-corrected chi connectivity index (χ2v) is 4.94. The Labute approximate surface area is 114 Å². The maximum absolute atomic E-state index is 5.78. The predicted molar refractivity (Wildman–Crippen MR) is 74.8 cm³/mol. The number of nitrogens with zero attached hydrogens (tertiary/aromatic N) is 1. The molecule has 1 aliphatic rings. The van der Waals surface area contributed by atoms with Gasteiger partial charge in [0.25, 0.3) is 0 Å². The molecule has 1 aromatic rings. The molecule has 0 unspecified atom stereocenters. The van der Waals surface area contributed by atoms with E-state index in [2.05, 4.69) is 10.3 Å². The molecule has 1 fully saturated rings. The van der Waals surface area contributed by atoms with Crippen molar-refractivity contribution in [3.8, 4) is 0 Å². The van der Waals surface area contributed by atoms with Crippen LogP contribution in [0.5, 0.6) is 0 Å². The van der Waals surface area contributed by atoms with Gasteiger partial charge in [0.1, 0.15) is 12.4 Å². The van der Waals surface area contributed by atoms with E-state index in [0.29, 0.717) is 19.2 Å². The molecule has 1 saturated carbocycles. The standard InChI is InChI=1S/C14H23N3O2/c15-14(17-10-12-4-1-5-12)16-7-3-8-18-11-13-6-2-9-19-13/h2,6,9,12H,1,3-5,7-8,10-11H2,(H3,15,16,17). The monoisotopic (exact) mass is 265 g/mol. The van der Waals surface area contributed by atoms with Gasteiger partial charge in [0.2, 0.25) is 0 Å². The zero-order chi connectivity index (χ0) is 13.3. The van der Waals surface area contributed by atoms with Gasteiger partial charge >= 0.3 is 0 Å². The predicted octanol–water partition coefficient (Wildman–Crippen LogP) is 1.89. The molecule has 2 rings (SSSR count). The van der Waals surface area contributed by atoms with Crippen LogP contribution in [0.1, 0.15) is 31.4 Å². The SMILES string of the molecule is NC(=NCC1CCC1)NCCCOCc1ccco1. The molecule has 0 atom stereocenters. The van der Waals surface area contributed by atoms with E-state index in [1.165, 1.54) is 19.3 Å². The minimum Gasteiger partial charge on any atom is -0.467 e. The van der Waals surface area contributed by atoms with E-state index in [9.17, 15) is 0 Å². The van der Waals surface area contributed by atoms with E-state index in [-0.39, 0.29) is 0 Å². The molecule has 0 amide bonds. The molecule has 0 aromatic carbocycles. The van der Waals surface area contributed by atoms with Gasteiger partial charge in [0.15, 0.2) is 5.96 Å². The van der Waals surface area contributed by atoms with Gasteiger partial charge in [-0.2, -0.15) is 0 Å². The zero-order valence-electron chi connectivity index (χ0n) is 11.3. The maximum atomic E-state index is 5.78. The highest BCUT2D eigenvalue weighted by atomic mass is 16.5. The van der Waals surface area contributed by atoms with E-state index in [1.54, 1.807) is 6.26 Å². The Bertz CT molecular complexity index is 372. The Morgan fingerprint density at radius 1 is 1.53 bits per heavy atom. The van der Waals surface area contributed by atoms with E-state index < -0.39 is 0 Å². The quantitative estimate of drug-likeness (QED) is 0.428. The van der Waals surface area contributed by atoms with Crippen LogP contribution < -0.4 is 11.1 Å². The Kier molecular flexibility index (Phi) is 5.75. The molecule has 19 heavy (non-hydrogen) atoms. The Morgan fingerprint density at radius 3 is 3.11 bits per heavy atom. The summed E-state index contributed by atoms with van der Waals surface area (Å²) in [6.45, 7) is 2.87. The van der Waals surface area contributed by atoms with Gasteiger partial charge in [-0.1, -0.05) is 6.42 Å². The van der Waals surface area contributed by atoms with E-state index in [0.717, 1.165) is 31.2 Å². The number of nitrogens with two attached hydrogens (primary N) is 1. The van der Waals surface area contributed by atoms with Crippen LogP contribution >= 0.6 is 0 Å². The van der Waals surface area contributed by atoms with E-state index >= 15 is 0 Å². The van der Waals surface area contributed by atoms with Crippen LogP contribution in [-0.4, -0.2) is 25.7 Å². The minimum atomic E-state index is 0.526. The molecule has 0 saturated heterocycles. The average Bonchev–Trinajstić information content (AvgIpc) is 2.84. The molecule has 1 aliphatic carbocycles. The van der Waals surface area contributed by atoms with Crippen molar-refractivity contribution in [2.75, 3.05) is 19.7 Å². The fourth-order valence-electron chi connectivity index (χ4n) is 1.92. The Morgan fingerprint density at radius 2 is 2.42 bits per heavy atom. The second kappa shape index (κ2) is 7.84. The molecular formula is C14H23N3O2. The summed E-state index contributed by atoms with van der Waals surface area (Å²) in [7, 11) is 0. The van der Waals surface area contributed by atoms with Crippen molar-refractivity contribution in [3.05, 3.63) is 24.2 Å². The number of nitrogens with one attached hydrogen (secondary N) is 1. The molecule has 5 heteroatoms. The molecule has 0 radical (unpaired) electrons. The second-order valence-electron chi connectivity index (χ2n) is 4.94. The van der Waals surface area contributed by atoms with Crippen molar-refractivity contribution >= 4 is 5.96 Å². The normalized spacial score (nSPS) is 16.3. The van der Waals surface area contributed by atoms with Crippen molar-refractivity contribution in [3.63, 3.8) is 0 Å². The van der Waals surface area contributed by atoms with Crippen LogP contribution in [0.3, 0.4) is 0 Å². The van der Waals surface area contributed by atoms with Crippen molar-refractivity contribution in [2.24, 2.45) is 16.6 Å². The van der Waals surface area contributed by atoms with Gasteiger partial charge in [0, 0.05) is 19.7 Å². The lowest BCUT2D eigenvalue weighted by Gasteiger charge is -2.23. The fourth-order valence-corrected chi connectivity index (χ4v) is 1.92. The smallest absolute Gasteiger partial charge is 0.188 e.